The Labute approximate surface area is 232 Å². The van der Waals surface area contributed by atoms with Crippen LogP contribution in [0, 0.1) is 0 Å². The van der Waals surface area contributed by atoms with Crippen LogP contribution in [0.4, 0.5) is 26.1 Å². The highest BCUT2D eigenvalue weighted by molar-refractivity contribution is 6.06. The molecule has 214 valence electrons. The summed E-state index contributed by atoms with van der Waals surface area (Å²) >= 11 is 0. The number of aromatic nitrogens is 5. The Kier molecular flexibility index (Phi) is 7.47. The van der Waals surface area contributed by atoms with Crippen LogP contribution in [0.2, 0.25) is 0 Å². The Morgan fingerprint density at radius 3 is 2.60 bits per heavy atom. The van der Waals surface area contributed by atoms with E-state index < -0.39 is 11.8 Å². The Balaban J connectivity index is 1.39. The van der Waals surface area contributed by atoms with Crippen molar-refractivity contribution < 1.29 is 13.6 Å². The molecule has 0 aliphatic carbocycles. The molecule has 12 heteroatoms. The van der Waals surface area contributed by atoms with E-state index in [0.717, 1.165) is 42.1 Å². The summed E-state index contributed by atoms with van der Waals surface area (Å²) in [4.78, 5) is 28.5. The molecule has 1 fully saturated rings. The van der Waals surface area contributed by atoms with Crippen LogP contribution in [0.25, 0.3) is 11.3 Å². The first kappa shape index (κ1) is 27.9. The van der Waals surface area contributed by atoms with Gasteiger partial charge in [-0.2, -0.15) is 5.10 Å². The zero-order chi connectivity index (χ0) is 28.7. The lowest BCUT2D eigenvalue weighted by Crippen LogP contribution is -2.39. The number of aromatic amines is 1. The minimum Gasteiger partial charge on any atom is -0.382 e. The molecule has 0 bridgehead atoms. The number of carbonyl (C=O) groups is 1. The summed E-state index contributed by atoms with van der Waals surface area (Å²) in [6.07, 6.45) is 1.81. The molecule has 0 unspecified atom stereocenters. The van der Waals surface area contributed by atoms with Crippen molar-refractivity contribution in [3.05, 3.63) is 41.6 Å². The average Bonchev–Trinajstić information content (AvgIpc) is 3.49. The maximum atomic E-state index is 13.6. The molecule has 0 saturated carbocycles. The van der Waals surface area contributed by atoms with E-state index >= 15 is 0 Å². The second-order valence-corrected chi connectivity index (χ2v) is 12.0. The van der Waals surface area contributed by atoms with Gasteiger partial charge in [0.05, 0.1) is 34.3 Å². The van der Waals surface area contributed by atoms with Gasteiger partial charge in [-0.25, -0.2) is 18.7 Å². The standard InChI is InChI=1S/C28H37F2N9O/c1-27(2,3)34-11-10-31-19-7-6-18(17-14-35-38-22(17)23(29)30)36-21(19)16-8-12-39(13-9-16)25-20-24(32-15-33-25)37-26(40)28(20,4)5/h6-7,14-16,23,31,34H,8-13H2,1-5H3,(H,35,38)(H,32,33,37,40). The number of carbonyl (C=O) groups excluding carboxylic acids is 1. The monoisotopic (exact) mass is 553 g/mol. The number of hydrogen-bond donors (Lipinski definition) is 4. The fourth-order valence-corrected chi connectivity index (χ4v) is 5.42. The first-order valence-electron chi connectivity index (χ1n) is 13.7. The second-order valence-electron chi connectivity index (χ2n) is 12.0. The fourth-order valence-electron chi connectivity index (χ4n) is 5.42. The normalized spacial score (nSPS) is 17.3. The van der Waals surface area contributed by atoms with E-state index in [1.54, 1.807) is 6.07 Å². The number of pyridine rings is 1. The highest BCUT2D eigenvalue weighted by Gasteiger charge is 2.43. The summed E-state index contributed by atoms with van der Waals surface area (Å²) in [5.41, 5.74) is 2.42. The van der Waals surface area contributed by atoms with E-state index in [4.69, 9.17) is 4.98 Å². The van der Waals surface area contributed by atoms with E-state index in [1.165, 1.54) is 12.5 Å². The van der Waals surface area contributed by atoms with Crippen molar-refractivity contribution in [2.75, 3.05) is 41.7 Å². The zero-order valence-electron chi connectivity index (χ0n) is 23.6. The van der Waals surface area contributed by atoms with Gasteiger partial charge in [0, 0.05) is 43.2 Å². The number of amides is 1. The van der Waals surface area contributed by atoms with Crippen molar-refractivity contribution >= 4 is 23.2 Å². The molecular formula is C28H37F2N9O. The SMILES string of the molecule is CC(C)(C)NCCNc1ccc(-c2cn[nH]c2C(F)F)nc1C1CCN(c2ncnc3c2C(C)(C)C(=O)N3)CC1. The maximum Gasteiger partial charge on any atom is 0.280 e. The van der Waals surface area contributed by atoms with Crippen molar-refractivity contribution in [3.8, 4) is 11.3 Å². The van der Waals surface area contributed by atoms with Crippen molar-refractivity contribution in [2.45, 2.75) is 70.8 Å². The van der Waals surface area contributed by atoms with Gasteiger partial charge in [0.1, 0.15) is 23.7 Å². The molecule has 10 nitrogen and oxygen atoms in total. The Hall–Kier alpha value is -3.67. The lowest BCUT2D eigenvalue weighted by molar-refractivity contribution is -0.119. The smallest absolute Gasteiger partial charge is 0.280 e. The third kappa shape index (κ3) is 5.49. The summed E-state index contributed by atoms with van der Waals surface area (Å²) in [6.45, 7) is 13.0. The Morgan fingerprint density at radius 2 is 1.90 bits per heavy atom. The Bertz CT molecular complexity index is 1370. The maximum absolute atomic E-state index is 13.6. The number of nitrogens with one attached hydrogen (secondary N) is 4. The molecule has 40 heavy (non-hydrogen) atoms. The predicted molar refractivity (Wildman–Crippen MR) is 151 cm³/mol. The first-order chi connectivity index (χ1) is 19.0. The predicted octanol–water partition coefficient (Wildman–Crippen LogP) is 4.61. The van der Waals surface area contributed by atoms with Gasteiger partial charge >= 0.3 is 0 Å². The molecule has 1 amide bonds. The zero-order valence-corrected chi connectivity index (χ0v) is 23.6. The molecule has 0 atom stereocenters. The molecular weight excluding hydrogens is 516 g/mol. The van der Waals surface area contributed by atoms with Crippen LogP contribution in [-0.4, -0.2) is 62.8 Å². The lowest BCUT2D eigenvalue weighted by atomic mass is 9.86. The molecule has 3 aromatic rings. The van der Waals surface area contributed by atoms with E-state index in [9.17, 15) is 13.6 Å². The van der Waals surface area contributed by atoms with Crippen LogP contribution >= 0.6 is 0 Å². The van der Waals surface area contributed by atoms with Crippen LogP contribution in [0.15, 0.2) is 24.7 Å². The van der Waals surface area contributed by atoms with E-state index in [0.29, 0.717) is 36.7 Å². The molecule has 0 spiro atoms. The number of fused-ring (bicyclic) bond motifs is 1. The summed E-state index contributed by atoms with van der Waals surface area (Å²) in [6, 6.07) is 3.70. The molecule has 4 N–H and O–H groups in total. The summed E-state index contributed by atoms with van der Waals surface area (Å²) < 4.78 is 27.2. The molecule has 0 radical (unpaired) electrons. The average molecular weight is 554 g/mol. The van der Waals surface area contributed by atoms with Gasteiger partial charge in [0.25, 0.3) is 6.43 Å². The number of piperidine rings is 1. The highest BCUT2D eigenvalue weighted by atomic mass is 19.3. The van der Waals surface area contributed by atoms with Crippen LogP contribution in [0.5, 0.6) is 0 Å². The molecule has 1 saturated heterocycles. The highest BCUT2D eigenvalue weighted by Crippen LogP contribution is 2.43. The molecule has 0 aromatic carbocycles. The van der Waals surface area contributed by atoms with Crippen LogP contribution in [0.1, 0.15) is 76.8 Å². The number of halogens is 2. The van der Waals surface area contributed by atoms with Crippen molar-refractivity contribution in [1.29, 1.82) is 0 Å². The van der Waals surface area contributed by atoms with Crippen molar-refractivity contribution in [3.63, 3.8) is 0 Å². The Morgan fingerprint density at radius 1 is 1.15 bits per heavy atom. The van der Waals surface area contributed by atoms with Crippen molar-refractivity contribution in [2.24, 2.45) is 0 Å². The second kappa shape index (κ2) is 10.7. The van der Waals surface area contributed by atoms with Gasteiger partial charge in [-0.3, -0.25) is 14.9 Å². The van der Waals surface area contributed by atoms with Gasteiger partial charge in [0.2, 0.25) is 5.91 Å². The number of alkyl halides is 2. The van der Waals surface area contributed by atoms with Crippen LogP contribution < -0.4 is 20.9 Å². The molecule has 2 aliphatic heterocycles. The van der Waals surface area contributed by atoms with Gasteiger partial charge < -0.3 is 20.9 Å². The first-order valence-corrected chi connectivity index (χ1v) is 13.7. The van der Waals surface area contributed by atoms with Gasteiger partial charge in [-0.15, -0.1) is 0 Å². The topological polar surface area (TPSA) is 124 Å². The van der Waals surface area contributed by atoms with E-state index in [1.807, 2.05) is 19.9 Å². The molecule has 5 heterocycles. The van der Waals surface area contributed by atoms with E-state index in [-0.39, 0.29) is 23.1 Å². The summed E-state index contributed by atoms with van der Waals surface area (Å²) in [7, 11) is 0. The number of hydrogen-bond acceptors (Lipinski definition) is 8. The number of anilines is 3. The van der Waals surface area contributed by atoms with Gasteiger partial charge in [-0.05, 0) is 59.6 Å². The molecule has 2 aliphatic rings. The quantitative estimate of drug-likeness (QED) is 0.298. The molecule has 3 aromatic heterocycles. The largest absolute Gasteiger partial charge is 0.382 e. The van der Waals surface area contributed by atoms with E-state index in [2.05, 4.69) is 61.8 Å². The number of rotatable bonds is 8. The summed E-state index contributed by atoms with van der Waals surface area (Å²) in [5.74, 6) is 1.37. The fraction of sp³-hybridized carbons (Fsp3) is 0.536. The number of H-pyrrole nitrogens is 1. The van der Waals surface area contributed by atoms with Gasteiger partial charge in [-0.1, -0.05) is 0 Å². The van der Waals surface area contributed by atoms with Crippen molar-refractivity contribution in [1.82, 2.24) is 30.5 Å². The third-order valence-corrected chi connectivity index (χ3v) is 7.62. The van der Waals surface area contributed by atoms with Gasteiger partial charge in [0.15, 0.2) is 0 Å². The minimum atomic E-state index is -2.67. The summed E-state index contributed by atoms with van der Waals surface area (Å²) in [5, 5.41) is 16.1. The lowest BCUT2D eigenvalue weighted by Gasteiger charge is -2.35. The van der Waals surface area contributed by atoms with Crippen LogP contribution in [-0.2, 0) is 10.2 Å². The molecule has 5 rings (SSSR count). The van der Waals surface area contributed by atoms with Crippen LogP contribution in [0.3, 0.4) is 0 Å². The minimum absolute atomic E-state index is 0.00225. The number of nitrogens with zero attached hydrogens (tertiary/aromatic N) is 5. The third-order valence-electron chi connectivity index (χ3n) is 7.62.